The third-order valence-corrected chi connectivity index (χ3v) is 4.55. The molecule has 2 aromatic rings. The van der Waals surface area contributed by atoms with Gasteiger partial charge in [-0.3, -0.25) is 4.72 Å². The van der Waals surface area contributed by atoms with Crippen LogP contribution in [0.5, 0.6) is 0 Å². The lowest BCUT2D eigenvalue weighted by Crippen LogP contribution is -2.14. The third kappa shape index (κ3) is 3.50. The number of halogens is 1. The summed E-state index contributed by atoms with van der Waals surface area (Å²) >= 11 is 6.01. The summed E-state index contributed by atoms with van der Waals surface area (Å²) in [7, 11) is -1.90. The third-order valence-electron chi connectivity index (χ3n) is 2.69. The van der Waals surface area contributed by atoms with Gasteiger partial charge in [0.25, 0.3) is 10.0 Å². The summed E-state index contributed by atoms with van der Waals surface area (Å²) < 4.78 is 27.2. The van der Waals surface area contributed by atoms with Crippen LogP contribution in [-0.4, -0.2) is 15.5 Å². The summed E-state index contributed by atoms with van der Waals surface area (Å²) in [5, 5.41) is 3.18. The molecule has 2 rings (SSSR count). The summed E-state index contributed by atoms with van der Waals surface area (Å²) in [5.41, 5.74) is 1.35. The summed E-state index contributed by atoms with van der Waals surface area (Å²) in [6, 6.07) is 13.7. The van der Waals surface area contributed by atoms with Crippen LogP contribution in [0.1, 0.15) is 5.56 Å². The summed E-state index contributed by atoms with van der Waals surface area (Å²) in [4.78, 5) is 0.0794. The van der Waals surface area contributed by atoms with E-state index < -0.39 is 10.0 Å². The van der Waals surface area contributed by atoms with Gasteiger partial charge in [-0.05, 0) is 36.9 Å². The molecule has 2 N–H and O–H groups in total. The first-order valence-electron chi connectivity index (χ1n) is 6.04. The highest BCUT2D eigenvalue weighted by molar-refractivity contribution is 7.92. The monoisotopic (exact) mass is 310 g/mol. The lowest BCUT2D eigenvalue weighted by atomic mass is 10.2. The van der Waals surface area contributed by atoms with Crippen molar-refractivity contribution in [2.75, 3.05) is 11.8 Å². The second-order valence-corrected chi connectivity index (χ2v) is 6.32. The summed E-state index contributed by atoms with van der Waals surface area (Å²) in [5.74, 6) is 0. The largest absolute Gasteiger partial charge is 0.316 e. The Morgan fingerprint density at radius 3 is 2.45 bits per heavy atom. The standard InChI is InChI=1S/C14H15ClN2O2S/c1-16-10-11-7-8-13(15)14(9-11)20(18,19)17-12-5-3-2-4-6-12/h2-9,16-17H,10H2,1H3. The van der Waals surface area contributed by atoms with E-state index >= 15 is 0 Å². The number of para-hydroxylation sites is 1. The van der Waals surface area contributed by atoms with Crippen LogP contribution >= 0.6 is 11.6 Å². The first kappa shape index (κ1) is 14.8. The smallest absolute Gasteiger partial charge is 0.263 e. The first-order chi connectivity index (χ1) is 9.53. The van der Waals surface area contributed by atoms with Gasteiger partial charge in [0.05, 0.1) is 5.02 Å². The molecule has 0 aliphatic carbocycles. The molecule has 0 aliphatic heterocycles. The average Bonchev–Trinajstić information content (AvgIpc) is 2.42. The van der Waals surface area contributed by atoms with Gasteiger partial charge in [-0.2, -0.15) is 0 Å². The Hall–Kier alpha value is -1.56. The number of hydrogen-bond donors (Lipinski definition) is 2. The molecule has 0 spiro atoms. The molecule has 0 amide bonds. The van der Waals surface area contributed by atoms with Crippen molar-refractivity contribution in [1.82, 2.24) is 5.32 Å². The second kappa shape index (κ2) is 6.26. The summed E-state index contributed by atoms with van der Waals surface area (Å²) in [6.45, 7) is 0.574. The molecule has 0 unspecified atom stereocenters. The Bertz CT molecular complexity index is 688. The van der Waals surface area contributed by atoms with Gasteiger partial charge in [0.15, 0.2) is 0 Å². The van der Waals surface area contributed by atoms with E-state index in [0.717, 1.165) is 5.56 Å². The quantitative estimate of drug-likeness (QED) is 0.893. The number of benzene rings is 2. The molecule has 0 fully saturated rings. The fraction of sp³-hybridized carbons (Fsp3) is 0.143. The molecule has 0 bridgehead atoms. The van der Waals surface area contributed by atoms with E-state index in [4.69, 9.17) is 11.6 Å². The van der Waals surface area contributed by atoms with Crippen molar-refractivity contribution in [3.63, 3.8) is 0 Å². The molecule has 4 nitrogen and oxygen atoms in total. The molecule has 6 heteroatoms. The van der Waals surface area contributed by atoms with Gasteiger partial charge < -0.3 is 5.32 Å². The van der Waals surface area contributed by atoms with Crippen LogP contribution in [-0.2, 0) is 16.6 Å². The Labute approximate surface area is 123 Å². The average molecular weight is 311 g/mol. The van der Waals surface area contributed by atoms with E-state index in [0.29, 0.717) is 12.2 Å². The van der Waals surface area contributed by atoms with E-state index in [-0.39, 0.29) is 9.92 Å². The molecule has 0 atom stereocenters. The number of nitrogens with one attached hydrogen (secondary N) is 2. The van der Waals surface area contributed by atoms with Gasteiger partial charge in [0, 0.05) is 12.2 Å². The molecule has 20 heavy (non-hydrogen) atoms. The van der Waals surface area contributed by atoms with Gasteiger partial charge >= 0.3 is 0 Å². The zero-order valence-corrected chi connectivity index (χ0v) is 12.5. The van der Waals surface area contributed by atoms with E-state index in [1.165, 1.54) is 0 Å². The van der Waals surface area contributed by atoms with Crippen LogP contribution < -0.4 is 10.0 Å². The highest BCUT2D eigenvalue weighted by Gasteiger charge is 2.18. The highest BCUT2D eigenvalue weighted by Crippen LogP contribution is 2.25. The minimum Gasteiger partial charge on any atom is -0.316 e. The minimum atomic E-state index is -3.69. The minimum absolute atomic E-state index is 0.0794. The van der Waals surface area contributed by atoms with Crippen LogP contribution in [0.2, 0.25) is 5.02 Å². The van der Waals surface area contributed by atoms with Gasteiger partial charge in [0.1, 0.15) is 4.90 Å². The predicted molar refractivity (Wildman–Crippen MR) is 81.5 cm³/mol. The van der Waals surface area contributed by atoms with Crippen molar-refractivity contribution in [2.24, 2.45) is 0 Å². The predicted octanol–water partition coefficient (Wildman–Crippen LogP) is 2.86. The van der Waals surface area contributed by atoms with Crippen molar-refractivity contribution >= 4 is 27.3 Å². The SMILES string of the molecule is CNCc1ccc(Cl)c(S(=O)(=O)Nc2ccccc2)c1. The number of hydrogen-bond acceptors (Lipinski definition) is 3. The van der Waals surface area contributed by atoms with Crippen LogP contribution in [0.4, 0.5) is 5.69 Å². The van der Waals surface area contributed by atoms with Crippen LogP contribution in [0.3, 0.4) is 0 Å². The zero-order valence-electron chi connectivity index (χ0n) is 10.9. The normalized spacial score (nSPS) is 11.3. The number of sulfonamides is 1. The fourth-order valence-electron chi connectivity index (χ4n) is 1.78. The van der Waals surface area contributed by atoms with Crippen molar-refractivity contribution in [1.29, 1.82) is 0 Å². The Balaban J connectivity index is 2.36. The van der Waals surface area contributed by atoms with Crippen LogP contribution in [0.15, 0.2) is 53.4 Å². The zero-order chi connectivity index (χ0) is 14.6. The van der Waals surface area contributed by atoms with E-state index in [1.807, 2.05) is 6.07 Å². The molecule has 0 radical (unpaired) electrons. The van der Waals surface area contributed by atoms with Gasteiger partial charge in [-0.15, -0.1) is 0 Å². The summed E-state index contributed by atoms with van der Waals surface area (Å²) in [6.07, 6.45) is 0. The molecule has 0 aliphatic rings. The van der Waals surface area contributed by atoms with Gasteiger partial charge in [0.2, 0.25) is 0 Å². The van der Waals surface area contributed by atoms with Gasteiger partial charge in [-0.1, -0.05) is 35.9 Å². The molecule has 0 heterocycles. The molecule has 0 saturated heterocycles. The second-order valence-electron chi connectivity index (χ2n) is 4.27. The lowest BCUT2D eigenvalue weighted by Gasteiger charge is -2.11. The van der Waals surface area contributed by atoms with Crippen molar-refractivity contribution in [3.05, 3.63) is 59.1 Å². The van der Waals surface area contributed by atoms with Crippen LogP contribution in [0, 0.1) is 0 Å². The molecular formula is C14H15ClN2O2S. The van der Waals surface area contributed by atoms with E-state index in [1.54, 1.807) is 49.5 Å². The Morgan fingerprint density at radius 1 is 1.10 bits per heavy atom. The first-order valence-corrected chi connectivity index (χ1v) is 7.90. The van der Waals surface area contributed by atoms with Gasteiger partial charge in [-0.25, -0.2) is 8.42 Å². The Kier molecular flexibility index (Phi) is 4.65. The number of anilines is 1. The fourth-order valence-corrected chi connectivity index (χ4v) is 3.39. The van der Waals surface area contributed by atoms with Crippen LogP contribution in [0.25, 0.3) is 0 Å². The maximum absolute atomic E-state index is 12.4. The van der Waals surface area contributed by atoms with Crippen molar-refractivity contribution < 1.29 is 8.42 Å². The maximum atomic E-state index is 12.4. The molecule has 2 aromatic carbocycles. The molecule has 0 aromatic heterocycles. The van der Waals surface area contributed by atoms with E-state index in [2.05, 4.69) is 10.0 Å². The number of rotatable bonds is 5. The van der Waals surface area contributed by atoms with Crippen molar-refractivity contribution in [3.8, 4) is 0 Å². The lowest BCUT2D eigenvalue weighted by molar-refractivity contribution is 0.601. The molecular weight excluding hydrogens is 296 g/mol. The molecule has 106 valence electrons. The highest BCUT2D eigenvalue weighted by atomic mass is 35.5. The van der Waals surface area contributed by atoms with Crippen molar-refractivity contribution in [2.45, 2.75) is 11.4 Å². The van der Waals surface area contributed by atoms with E-state index in [9.17, 15) is 8.42 Å². The topological polar surface area (TPSA) is 58.2 Å². The Morgan fingerprint density at radius 2 is 1.80 bits per heavy atom. The maximum Gasteiger partial charge on any atom is 0.263 e. The molecule has 0 saturated carbocycles.